The lowest BCUT2D eigenvalue weighted by Gasteiger charge is -2.32. The molecule has 0 radical (unpaired) electrons. The van der Waals surface area contributed by atoms with Crippen LogP contribution in [-0.2, 0) is 4.79 Å². The van der Waals surface area contributed by atoms with Gasteiger partial charge in [-0.25, -0.2) is 0 Å². The van der Waals surface area contributed by atoms with E-state index in [1.807, 2.05) is 13.8 Å². The summed E-state index contributed by atoms with van der Waals surface area (Å²) in [7, 11) is 0. The number of aryl methyl sites for hydroxylation is 1. The number of amides is 1. The Morgan fingerprint density at radius 3 is 2.86 bits per heavy atom. The van der Waals surface area contributed by atoms with E-state index in [0.717, 1.165) is 49.6 Å². The maximum atomic E-state index is 11.7. The van der Waals surface area contributed by atoms with Crippen molar-refractivity contribution in [1.82, 2.24) is 14.6 Å². The van der Waals surface area contributed by atoms with Crippen LogP contribution >= 0.6 is 11.5 Å². The van der Waals surface area contributed by atoms with Crippen molar-refractivity contribution in [3.63, 3.8) is 0 Å². The van der Waals surface area contributed by atoms with Gasteiger partial charge in [0.15, 0.2) is 0 Å². The lowest BCUT2D eigenvalue weighted by molar-refractivity contribution is -0.122. The zero-order valence-electron chi connectivity index (χ0n) is 13.2. The summed E-state index contributed by atoms with van der Waals surface area (Å²) in [4.78, 5) is 13.9. The lowest BCUT2D eigenvalue weighted by Crippen LogP contribution is -2.44. The molecule has 0 unspecified atom stereocenters. The first-order valence-electron chi connectivity index (χ1n) is 7.76. The predicted octanol–water partition coefficient (Wildman–Crippen LogP) is 1.73. The zero-order chi connectivity index (χ0) is 15.9. The van der Waals surface area contributed by atoms with Gasteiger partial charge < -0.3 is 10.6 Å². The molecule has 1 aromatic heterocycles. The van der Waals surface area contributed by atoms with E-state index in [9.17, 15) is 4.79 Å². The maximum Gasteiger partial charge on any atom is 0.234 e. The van der Waals surface area contributed by atoms with E-state index < -0.39 is 0 Å². The number of carbonyl (C=O) groups is 1. The number of aromatic nitrogens is 1. The van der Waals surface area contributed by atoms with Gasteiger partial charge in [-0.1, -0.05) is 6.92 Å². The number of nitrogens with zero attached hydrogens (tertiary/aromatic N) is 3. The van der Waals surface area contributed by atoms with Crippen molar-refractivity contribution in [2.45, 2.75) is 39.2 Å². The first-order valence-corrected chi connectivity index (χ1v) is 8.53. The van der Waals surface area contributed by atoms with E-state index >= 15 is 0 Å². The van der Waals surface area contributed by atoms with Crippen molar-refractivity contribution in [2.24, 2.45) is 0 Å². The normalized spacial score (nSPS) is 16.2. The van der Waals surface area contributed by atoms with Crippen LogP contribution in [0.25, 0.3) is 0 Å². The number of rotatable bonds is 6. The number of nitrogens with one attached hydrogen (secondary N) is 2. The SMILES string of the molecule is CCCNC(=O)CN1CCC(Nc2snc(C)c2C#N)CC1. The molecular weight excluding hydrogens is 298 g/mol. The van der Waals surface area contributed by atoms with Gasteiger partial charge in [0.05, 0.1) is 12.2 Å². The molecule has 0 saturated carbocycles. The van der Waals surface area contributed by atoms with Crippen LogP contribution in [0.3, 0.4) is 0 Å². The van der Waals surface area contributed by atoms with Crippen LogP contribution in [0, 0.1) is 18.3 Å². The standard InChI is InChI=1S/C15H23N5OS/c1-3-6-17-14(21)10-20-7-4-12(5-8-20)18-15-13(9-16)11(2)19-22-15/h12,18H,3-8,10H2,1-2H3,(H,17,21). The summed E-state index contributed by atoms with van der Waals surface area (Å²) in [6.45, 7) is 6.94. The quantitative estimate of drug-likeness (QED) is 0.834. The Morgan fingerprint density at radius 1 is 1.50 bits per heavy atom. The fourth-order valence-corrected chi connectivity index (χ4v) is 3.37. The first kappa shape index (κ1) is 16.7. The predicted molar refractivity (Wildman–Crippen MR) is 88.0 cm³/mol. The highest BCUT2D eigenvalue weighted by Gasteiger charge is 2.22. The molecule has 2 rings (SSSR count). The maximum absolute atomic E-state index is 11.7. The Hall–Kier alpha value is -1.65. The number of piperidine rings is 1. The average Bonchev–Trinajstić information content (AvgIpc) is 2.87. The summed E-state index contributed by atoms with van der Waals surface area (Å²) in [5.74, 6) is 0.109. The molecule has 0 spiro atoms. The van der Waals surface area contributed by atoms with Crippen molar-refractivity contribution in [1.29, 1.82) is 5.26 Å². The Morgan fingerprint density at radius 2 is 2.23 bits per heavy atom. The van der Waals surface area contributed by atoms with E-state index in [1.165, 1.54) is 11.5 Å². The molecule has 2 heterocycles. The number of nitriles is 1. The fraction of sp³-hybridized carbons (Fsp3) is 0.667. The van der Waals surface area contributed by atoms with Crippen molar-refractivity contribution in [2.75, 3.05) is 31.5 Å². The van der Waals surface area contributed by atoms with Crippen LogP contribution in [0.2, 0.25) is 0 Å². The Kier molecular flexibility index (Phi) is 6.16. The monoisotopic (exact) mass is 321 g/mol. The summed E-state index contributed by atoms with van der Waals surface area (Å²) in [6.07, 6.45) is 2.92. The second-order valence-electron chi connectivity index (χ2n) is 5.63. The Labute approximate surface area is 135 Å². The zero-order valence-corrected chi connectivity index (χ0v) is 14.0. The van der Waals surface area contributed by atoms with E-state index in [0.29, 0.717) is 18.2 Å². The van der Waals surface area contributed by atoms with Gasteiger partial charge in [0.25, 0.3) is 0 Å². The smallest absolute Gasteiger partial charge is 0.234 e. The summed E-state index contributed by atoms with van der Waals surface area (Å²) in [5.41, 5.74) is 1.45. The third-order valence-electron chi connectivity index (χ3n) is 3.84. The molecule has 0 atom stereocenters. The molecular formula is C15H23N5OS. The van der Waals surface area contributed by atoms with E-state index in [2.05, 4.69) is 26.0 Å². The van der Waals surface area contributed by atoms with Crippen molar-refractivity contribution < 1.29 is 4.79 Å². The van der Waals surface area contributed by atoms with Gasteiger partial charge in [-0.15, -0.1) is 0 Å². The van der Waals surface area contributed by atoms with Gasteiger partial charge in [-0.05, 0) is 37.7 Å². The van der Waals surface area contributed by atoms with Crippen LogP contribution in [0.1, 0.15) is 37.4 Å². The molecule has 0 bridgehead atoms. The minimum atomic E-state index is 0.109. The molecule has 1 fully saturated rings. The molecule has 1 aromatic rings. The van der Waals surface area contributed by atoms with Gasteiger partial charge in [0.2, 0.25) is 5.91 Å². The number of carbonyl (C=O) groups excluding carboxylic acids is 1. The molecule has 0 aromatic carbocycles. The molecule has 6 nitrogen and oxygen atoms in total. The van der Waals surface area contributed by atoms with E-state index in [-0.39, 0.29) is 5.91 Å². The first-order chi connectivity index (χ1) is 10.6. The number of hydrogen-bond donors (Lipinski definition) is 2. The van der Waals surface area contributed by atoms with Crippen molar-refractivity contribution in [3.8, 4) is 6.07 Å². The molecule has 7 heteroatoms. The second-order valence-corrected chi connectivity index (χ2v) is 6.40. The highest BCUT2D eigenvalue weighted by atomic mass is 32.1. The minimum Gasteiger partial charge on any atom is -0.372 e. The summed E-state index contributed by atoms with van der Waals surface area (Å²) >= 11 is 1.35. The highest BCUT2D eigenvalue weighted by Crippen LogP contribution is 2.26. The van der Waals surface area contributed by atoms with Crippen molar-refractivity contribution in [3.05, 3.63) is 11.3 Å². The molecule has 1 saturated heterocycles. The van der Waals surface area contributed by atoms with Crippen LogP contribution in [0.5, 0.6) is 0 Å². The largest absolute Gasteiger partial charge is 0.372 e. The third-order valence-corrected chi connectivity index (χ3v) is 4.71. The Balaban J connectivity index is 1.78. The fourth-order valence-electron chi connectivity index (χ4n) is 2.54. The Bertz CT molecular complexity index is 543. The number of likely N-dealkylation sites (tertiary alicyclic amines) is 1. The lowest BCUT2D eigenvalue weighted by atomic mass is 10.0. The number of hydrogen-bond acceptors (Lipinski definition) is 6. The third kappa shape index (κ3) is 4.42. The molecule has 2 N–H and O–H groups in total. The molecule has 1 aliphatic heterocycles. The average molecular weight is 321 g/mol. The van der Waals surface area contributed by atoms with Gasteiger partial charge >= 0.3 is 0 Å². The van der Waals surface area contributed by atoms with Gasteiger partial charge in [-0.3, -0.25) is 9.69 Å². The minimum absolute atomic E-state index is 0.109. The summed E-state index contributed by atoms with van der Waals surface area (Å²) < 4.78 is 4.23. The van der Waals surface area contributed by atoms with Gasteiger partial charge in [-0.2, -0.15) is 9.64 Å². The van der Waals surface area contributed by atoms with Crippen molar-refractivity contribution >= 4 is 22.4 Å². The summed E-state index contributed by atoms with van der Waals surface area (Å²) in [6, 6.07) is 2.56. The topological polar surface area (TPSA) is 81.1 Å². The molecule has 0 aliphatic carbocycles. The highest BCUT2D eigenvalue weighted by molar-refractivity contribution is 7.10. The summed E-state index contributed by atoms with van der Waals surface area (Å²) in [5, 5.41) is 16.4. The van der Waals surface area contributed by atoms with Crippen LogP contribution in [-0.4, -0.2) is 47.4 Å². The molecule has 1 amide bonds. The molecule has 22 heavy (non-hydrogen) atoms. The molecule has 120 valence electrons. The molecule has 1 aliphatic rings. The second kappa shape index (κ2) is 8.11. The van der Waals surface area contributed by atoms with Crippen LogP contribution < -0.4 is 10.6 Å². The van der Waals surface area contributed by atoms with Crippen LogP contribution in [0.4, 0.5) is 5.00 Å². The van der Waals surface area contributed by atoms with E-state index in [4.69, 9.17) is 5.26 Å². The van der Waals surface area contributed by atoms with Gasteiger partial charge in [0.1, 0.15) is 16.6 Å². The van der Waals surface area contributed by atoms with E-state index in [1.54, 1.807) is 0 Å². The number of anilines is 1. The van der Waals surface area contributed by atoms with Crippen LogP contribution in [0.15, 0.2) is 0 Å². The van der Waals surface area contributed by atoms with Gasteiger partial charge in [0, 0.05) is 25.7 Å².